The zero-order chi connectivity index (χ0) is 21.6. The third-order valence-corrected chi connectivity index (χ3v) is 6.65. The van der Waals surface area contributed by atoms with Crippen molar-refractivity contribution in [3.8, 4) is 0 Å². The second kappa shape index (κ2) is 10.1. The first kappa shape index (κ1) is 22.4. The molecule has 0 saturated carbocycles. The standard InChI is InChI=1S/C23H38N6O/c1-4-10-23(2)11-6-13-29(17-23)22(25-3)27-16-19-7-5-12-26-21(19)28-14-8-18(9-15-28)20(24)30/h5,7,12,18H,4,6,8-11,13-17H2,1-3H3,(H2,24,30)(H,25,27). The lowest BCUT2D eigenvalue weighted by molar-refractivity contribution is -0.122. The molecule has 2 fully saturated rings. The van der Waals surface area contributed by atoms with Crippen LogP contribution in [0.5, 0.6) is 0 Å². The predicted molar refractivity (Wildman–Crippen MR) is 122 cm³/mol. The number of nitrogens with two attached hydrogens (primary N) is 1. The number of nitrogens with one attached hydrogen (secondary N) is 1. The first-order valence-corrected chi connectivity index (χ1v) is 11.4. The first-order valence-electron chi connectivity index (χ1n) is 11.4. The van der Waals surface area contributed by atoms with E-state index in [0.717, 1.165) is 56.4 Å². The number of carbonyl (C=O) groups excluding carboxylic acids is 1. The van der Waals surface area contributed by atoms with Crippen LogP contribution >= 0.6 is 0 Å². The fourth-order valence-electron chi connectivity index (χ4n) is 5.04. The number of guanidine groups is 1. The number of rotatable bonds is 6. The van der Waals surface area contributed by atoms with E-state index in [1.54, 1.807) is 0 Å². The largest absolute Gasteiger partial charge is 0.369 e. The molecule has 0 bridgehead atoms. The molecule has 0 aliphatic carbocycles. The van der Waals surface area contributed by atoms with Gasteiger partial charge in [-0.3, -0.25) is 9.79 Å². The van der Waals surface area contributed by atoms with Crippen LogP contribution < -0.4 is 16.0 Å². The summed E-state index contributed by atoms with van der Waals surface area (Å²) in [6.07, 6.45) is 8.42. The van der Waals surface area contributed by atoms with Gasteiger partial charge in [0, 0.05) is 57.4 Å². The summed E-state index contributed by atoms with van der Waals surface area (Å²) in [6.45, 7) is 9.10. The molecule has 1 atom stereocenters. The van der Waals surface area contributed by atoms with Gasteiger partial charge in [0.05, 0.1) is 0 Å². The number of carbonyl (C=O) groups is 1. The number of primary amides is 1. The summed E-state index contributed by atoms with van der Waals surface area (Å²) < 4.78 is 0. The zero-order valence-corrected chi connectivity index (χ0v) is 18.9. The molecule has 2 aliphatic rings. The lowest BCUT2D eigenvalue weighted by Gasteiger charge is -2.42. The number of amides is 1. The van der Waals surface area contributed by atoms with E-state index in [1.165, 1.54) is 25.7 Å². The molecular formula is C23H38N6O. The third-order valence-electron chi connectivity index (χ3n) is 6.65. The van der Waals surface area contributed by atoms with E-state index in [4.69, 9.17) is 5.73 Å². The molecule has 30 heavy (non-hydrogen) atoms. The van der Waals surface area contributed by atoms with Crippen molar-refractivity contribution in [2.75, 3.05) is 38.1 Å². The minimum absolute atomic E-state index is 0.0121. The Balaban J connectivity index is 1.63. The van der Waals surface area contributed by atoms with E-state index in [9.17, 15) is 4.79 Å². The second-order valence-corrected chi connectivity index (χ2v) is 9.14. The van der Waals surface area contributed by atoms with Crippen molar-refractivity contribution in [2.45, 2.75) is 58.9 Å². The summed E-state index contributed by atoms with van der Waals surface area (Å²) in [5, 5.41) is 3.58. The molecule has 7 nitrogen and oxygen atoms in total. The summed E-state index contributed by atoms with van der Waals surface area (Å²) in [4.78, 5) is 25.4. The monoisotopic (exact) mass is 414 g/mol. The van der Waals surface area contributed by atoms with Crippen LogP contribution in [0, 0.1) is 11.3 Å². The summed E-state index contributed by atoms with van der Waals surface area (Å²) >= 11 is 0. The van der Waals surface area contributed by atoms with Gasteiger partial charge in [-0.25, -0.2) is 4.98 Å². The Kier molecular flexibility index (Phi) is 7.56. The average Bonchev–Trinajstić information content (AvgIpc) is 2.74. The Bertz CT molecular complexity index is 739. The highest BCUT2D eigenvalue weighted by atomic mass is 16.1. The minimum atomic E-state index is -0.182. The molecule has 3 heterocycles. The average molecular weight is 415 g/mol. The van der Waals surface area contributed by atoms with Crippen LogP contribution in [0.1, 0.15) is 57.9 Å². The van der Waals surface area contributed by atoms with Gasteiger partial charge >= 0.3 is 0 Å². The van der Waals surface area contributed by atoms with Gasteiger partial charge in [0.15, 0.2) is 5.96 Å². The van der Waals surface area contributed by atoms with Crippen molar-refractivity contribution in [3.63, 3.8) is 0 Å². The maximum atomic E-state index is 11.5. The summed E-state index contributed by atoms with van der Waals surface area (Å²) in [5.74, 6) is 1.77. The number of aromatic nitrogens is 1. The molecule has 0 radical (unpaired) electrons. The number of piperidine rings is 2. The number of aliphatic imine (C=N–C) groups is 1. The Hall–Kier alpha value is -2.31. The van der Waals surface area contributed by atoms with Crippen molar-refractivity contribution in [1.29, 1.82) is 0 Å². The number of anilines is 1. The van der Waals surface area contributed by atoms with Crippen LogP contribution in [0.3, 0.4) is 0 Å². The molecule has 3 rings (SSSR count). The third kappa shape index (κ3) is 5.43. The summed E-state index contributed by atoms with van der Waals surface area (Å²) in [5.41, 5.74) is 7.01. The molecule has 3 N–H and O–H groups in total. The molecule has 1 unspecified atom stereocenters. The van der Waals surface area contributed by atoms with Gasteiger partial charge in [-0.2, -0.15) is 0 Å². The van der Waals surface area contributed by atoms with Gasteiger partial charge in [0.25, 0.3) is 0 Å². The van der Waals surface area contributed by atoms with E-state index in [0.29, 0.717) is 12.0 Å². The first-order chi connectivity index (χ1) is 14.5. The second-order valence-electron chi connectivity index (χ2n) is 9.14. The van der Waals surface area contributed by atoms with E-state index >= 15 is 0 Å². The molecule has 0 aromatic carbocycles. The van der Waals surface area contributed by atoms with Crippen LogP contribution in [0.4, 0.5) is 5.82 Å². The van der Waals surface area contributed by atoms with Crippen molar-refractivity contribution in [1.82, 2.24) is 15.2 Å². The van der Waals surface area contributed by atoms with Crippen molar-refractivity contribution < 1.29 is 4.79 Å². The van der Waals surface area contributed by atoms with Gasteiger partial charge in [-0.1, -0.05) is 26.3 Å². The van der Waals surface area contributed by atoms with Gasteiger partial charge in [0.1, 0.15) is 5.82 Å². The van der Waals surface area contributed by atoms with Gasteiger partial charge < -0.3 is 20.9 Å². The number of likely N-dealkylation sites (tertiary alicyclic amines) is 1. The fraction of sp³-hybridized carbons (Fsp3) is 0.696. The Morgan fingerprint density at radius 2 is 2.13 bits per heavy atom. The van der Waals surface area contributed by atoms with Gasteiger partial charge in [0.2, 0.25) is 5.91 Å². The molecule has 0 spiro atoms. The van der Waals surface area contributed by atoms with E-state index < -0.39 is 0 Å². The normalized spacial score (nSPS) is 23.5. The van der Waals surface area contributed by atoms with Gasteiger partial charge in [-0.05, 0) is 43.6 Å². The Morgan fingerprint density at radius 1 is 1.37 bits per heavy atom. The smallest absolute Gasteiger partial charge is 0.220 e. The van der Waals surface area contributed by atoms with E-state index in [-0.39, 0.29) is 11.8 Å². The fourth-order valence-corrected chi connectivity index (χ4v) is 5.04. The molecule has 1 aromatic rings. The van der Waals surface area contributed by atoms with Crippen LogP contribution in [0.25, 0.3) is 0 Å². The highest BCUT2D eigenvalue weighted by Gasteiger charge is 2.31. The lowest BCUT2D eigenvalue weighted by Crippen LogP contribution is -2.49. The quantitative estimate of drug-likeness (QED) is 0.552. The zero-order valence-electron chi connectivity index (χ0n) is 18.9. The minimum Gasteiger partial charge on any atom is -0.369 e. The van der Waals surface area contributed by atoms with Crippen LogP contribution in [0.15, 0.2) is 23.3 Å². The highest BCUT2D eigenvalue weighted by molar-refractivity contribution is 5.80. The van der Waals surface area contributed by atoms with Crippen molar-refractivity contribution in [3.05, 3.63) is 23.9 Å². The molecule has 7 heteroatoms. The maximum Gasteiger partial charge on any atom is 0.220 e. The maximum absolute atomic E-state index is 11.5. The SMILES string of the molecule is CCCC1(C)CCCN(C(=NC)NCc2cccnc2N2CCC(C(N)=O)CC2)C1. The van der Waals surface area contributed by atoms with Crippen LogP contribution in [-0.4, -0.2) is 55.0 Å². The molecule has 1 aromatic heterocycles. The molecule has 2 aliphatic heterocycles. The van der Waals surface area contributed by atoms with E-state index in [1.807, 2.05) is 19.3 Å². The number of nitrogens with zero attached hydrogens (tertiary/aromatic N) is 4. The molecular weight excluding hydrogens is 376 g/mol. The number of hydrogen-bond donors (Lipinski definition) is 2. The molecule has 2 saturated heterocycles. The van der Waals surface area contributed by atoms with Crippen LogP contribution in [0.2, 0.25) is 0 Å². The van der Waals surface area contributed by atoms with Gasteiger partial charge in [-0.15, -0.1) is 0 Å². The topological polar surface area (TPSA) is 86.8 Å². The Labute approximate surface area is 181 Å². The molecule has 1 amide bonds. The molecule has 166 valence electrons. The number of hydrogen-bond acceptors (Lipinski definition) is 4. The summed E-state index contributed by atoms with van der Waals surface area (Å²) in [6, 6.07) is 4.11. The van der Waals surface area contributed by atoms with Crippen molar-refractivity contribution in [2.24, 2.45) is 22.1 Å². The lowest BCUT2D eigenvalue weighted by atomic mass is 9.78. The van der Waals surface area contributed by atoms with Crippen molar-refractivity contribution >= 4 is 17.7 Å². The summed E-state index contributed by atoms with van der Waals surface area (Å²) in [7, 11) is 1.87. The van der Waals surface area contributed by atoms with Crippen LogP contribution in [-0.2, 0) is 11.3 Å². The Morgan fingerprint density at radius 3 is 2.80 bits per heavy atom. The number of pyridine rings is 1. The highest BCUT2D eigenvalue weighted by Crippen LogP contribution is 2.34. The predicted octanol–water partition coefficient (Wildman–Crippen LogP) is 2.76. The van der Waals surface area contributed by atoms with E-state index in [2.05, 4.69) is 45.0 Å².